The van der Waals surface area contributed by atoms with E-state index in [1.807, 2.05) is 4.72 Å². The number of nitrogens with one attached hydrogen (secondary N) is 1. The molecule has 2 N–H and O–H groups in total. The summed E-state index contributed by atoms with van der Waals surface area (Å²) in [5.41, 5.74) is -0.364. The molecule has 1 fully saturated rings. The number of halogens is 1. The highest BCUT2D eigenvalue weighted by Crippen LogP contribution is 2.28. The Morgan fingerprint density at radius 1 is 1.28 bits per heavy atom. The molecule has 1 heterocycles. The highest BCUT2D eigenvalue weighted by molar-refractivity contribution is 7.92. The lowest BCUT2D eigenvalue weighted by Crippen LogP contribution is -2.45. The smallest absolute Gasteiger partial charge is 0.307 e. The highest BCUT2D eigenvalue weighted by Gasteiger charge is 2.36. The Hall–Kier alpha value is -1.72. The van der Waals surface area contributed by atoms with E-state index >= 15 is 0 Å². The molecule has 25 heavy (non-hydrogen) atoms. The van der Waals surface area contributed by atoms with Crippen LogP contribution in [0.25, 0.3) is 0 Å². The Balaban J connectivity index is 2.33. The monoisotopic (exact) mass is 394 g/mol. The Labute approximate surface area is 145 Å². The molecule has 0 amide bonds. The summed E-state index contributed by atoms with van der Waals surface area (Å²) in [6, 6.07) is 2.82. The third-order valence-electron chi connectivity index (χ3n) is 3.85. The lowest BCUT2D eigenvalue weighted by atomic mass is 9.92. The van der Waals surface area contributed by atoms with Crippen LogP contribution in [-0.2, 0) is 24.8 Å². The fraction of sp³-hybridized carbons (Fsp3) is 0.500. The maximum atomic E-state index is 14.1. The number of carboxylic acid groups (broad SMARTS) is 1. The molecule has 0 aromatic heterocycles. The van der Waals surface area contributed by atoms with Gasteiger partial charge in [0.05, 0.1) is 22.8 Å². The van der Waals surface area contributed by atoms with Gasteiger partial charge in [0.2, 0.25) is 20.0 Å². The molecule has 1 saturated heterocycles. The van der Waals surface area contributed by atoms with E-state index in [1.54, 1.807) is 6.92 Å². The third kappa shape index (κ3) is 4.67. The normalized spacial score (nSPS) is 22.5. The largest absolute Gasteiger partial charge is 0.481 e. The number of nitrogens with zero attached hydrogens (tertiary/aromatic N) is 1. The quantitative estimate of drug-likeness (QED) is 0.766. The van der Waals surface area contributed by atoms with Crippen LogP contribution in [0.2, 0.25) is 0 Å². The second-order valence-corrected chi connectivity index (χ2v) is 9.90. The molecule has 2 atom stereocenters. The number of sulfonamides is 2. The average molecular weight is 394 g/mol. The summed E-state index contributed by atoms with van der Waals surface area (Å²) in [5, 5.41) is 9.15. The van der Waals surface area contributed by atoms with Gasteiger partial charge in [-0.25, -0.2) is 21.2 Å². The van der Waals surface area contributed by atoms with Crippen molar-refractivity contribution < 1.29 is 31.1 Å². The van der Waals surface area contributed by atoms with E-state index in [0.29, 0.717) is 6.42 Å². The van der Waals surface area contributed by atoms with Gasteiger partial charge in [-0.3, -0.25) is 9.52 Å². The van der Waals surface area contributed by atoms with Crippen molar-refractivity contribution in [3.63, 3.8) is 0 Å². The van der Waals surface area contributed by atoms with Gasteiger partial charge >= 0.3 is 5.97 Å². The zero-order valence-corrected chi connectivity index (χ0v) is 15.3. The summed E-state index contributed by atoms with van der Waals surface area (Å²) in [6.45, 7) is 1.70. The minimum Gasteiger partial charge on any atom is -0.481 e. The molecule has 0 aliphatic carbocycles. The number of piperidine rings is 1. The van der Waals surface area contributed by atoms with Crippen LogP contribution in [0.1, 0.15) is 13.3 Å². The predicted octanol–water partition coefficient (Wildman–Crippen LogP) is 0.929. The second-order valence-electron chi connectivity index (χ2n) is 6.21. The van der Waals surface area contributed by atoms with Crippen LogP contribution in [0.5, 0.6) is 0 Å². The highest BCUT2D eigenvalue weighted by atomic mass is 32.2. The predicted molar refractivity (Wildman–Crippen MR) is 88.5 cm³/mol. The number of rotatable bonds is 5. The van der Waals surface area contributed by atoms with Gasteiger partial charge in [-0.1, -0.05) is 6.92 Å². The van der Waals surface area contributed by atoms with E-state index in [9.17, 15) is 26.0 Å². The van der Waals surface area contributed by atoms with Crippen LogP contribution in [0.15, 0.2) is 23.1 Å². The first-order valence-electron chi connectivity index (χ1n) is 7.40. The first kappa shape index (κ1) is 19.6. The van der Waals surface area contributed by atoms with E-state index < -0.39 is 37.8 Å². The van der Waals surface area contributed by atoms with E-state index in [2.05, 4.69) is 0 Å². The van der Waals surface area contributed by atoms with Crippen molar-refractivity contribution in [2.45, 2.75) is 18.2 Å². The molecule has 1 aromatic carbocycles. The molecule has 8 nitrogen and oxygen atoms in total. The SMILES string of the molecule is CC1CC(C(=O)O)CN(S(=O)(=O)c2ccc(NS(C)(=O)=O)c(F)c2)C1. The number of carbonyl (C=O) groups is 1. The van der Waals surface area contributed by atoms with Crippen LogP contribution in [-0.4, -0.2) is 51.6 Å². The average Bonchev–Trinajstić information content (AvgIpc) is 2.47. The molecule has 1 aliphatic heterocycles. The van der Waals surface area contributed by atoms with Gasteiger partial charge in [-0.2, -0.15) is 4.31 Å². The molecule has 2 unspecified atom stereocenters. The molecule has 1 aromatic rings. The molecule has 1 aliphatic rings. The molecule has 0 spiro atoms. The minimum absolute atomic E-state index is 0.136. The van der Waals surface area contributed by atoms with Crippen molar-refractivity contribution in [1.29, 1.82) is 0 Å². The molecule has 2 rings (SSSR count). The lowest BCUT2D eigenvalue weighted by molar-refractivity contribution is -0.143. The van der Waals surface area contributed by atoms with E-state index in [0.717, 1.165) is 28.8 Å². The maximum Gasteiger partial charge on any atom is 0.307 e. The summed E-state index contributed by atoms with van der Waals surface area (Å²) in [5.74, 6) is -3.09. The standard InChI is InChI=1S/C14H19FN2O6S2/c1-9-5-10(14(18)19)8-17(7-9)25(22,23)11-3-4-13(12(15)6-11)16-24(2,20)21/h3-4,6,9-10,16H,5,7-8H2,1-2H3,(H,18,19). The van der Waals surface area contributed by atoms with E-state index in [-0.39, 0.29) is 29.6 Å². The molecular weight excluding hydrogens is 375 g/mol. The van der Waals surface area contributed by atoms with Gasteiger partial charge in [-0.15, -0.1) is 0 Å². The molecule has 0 radical (unpaired) electrons. The molecule has 0 bridgehead atoms. The van der Waals surface area contributed by atoms with Gasteiger partial charge in [0, 0.05) is 13.1 Å². The molecule has 0 saturated carbocycles. The van der Waals surface area contributed by atoms with Crippen molar-refractivity contribution in [3.05, 3.63) is 24.0 Å². The van der Waals surface area contributed by atoms with E-state index in [1.165, 1.54) is 0 Å². The Morgan fingerprint density at radius 2 is 1.92 bits per heavy atom. The molecular formula is C14H19FN2O6S2. The van der Waals surface area contributed by atoms with Crippen LogP contribution in [0.4, 0.5) is 10.1 Å². The number of benzene rings is 1. The summed E-state index contributed by atoms with van der Waals surface area (Å²) in [6.07, 6.45) is 1.21. The number of anilines is 1. The van der Waals surface area contributed by atoms with Gasteiger partial charge in [0.25, 0.3) is 0 Å². The molecule has 140 valence electrons. The first-order valence-corrected chi connectivity index (χ1v) is 10.7. The van der Waals surface area contributed by atoms with Gasteiger partial charge in [0.1, 0.15) is 5.82 Å². The van der Waals surface area contributed by atoms with Crippen molar-refractivity contribution in [1.82, 2.24) is 4.31 Å². The molecule has 11 heteroatoms. The minimum atomic E-state index is -4.09. The van der Waals surface area contributed by atoms with Gasteiger partial charge in [0.15, 0.2) is 0 Å². The third-order valence-corrected chi connectivity index (χ3v) is 6.27. The van der Waals surface area contributed by atoms with Crippen molar-refractivity contribution in [2.24, 2.45) is 11.8 Å². The fourth-order valence-electron chi connectivity index (χ4n) is 2.77. The Morgan fingerprint density at radius 3 is 2.44 bits per heavy atom. The zero-order chi connectivity index (χ0) is 19.0. The summed E-state index contributed by atoms with van der Waals surface area (Å²) >= 11 is 0. The van der Waals surface area contributed by atoms with Crippen LogP contribution in [0, 0.1) is 17.7 Å². The van der Waals surface area contributed by atoms with Gasteiger partial charge < -0.3 is 5.11 Å². The number of hydrogen-bond donors (Lipinski definition) is 2. The topological polar surface area (TPSA) is 121 Å². The van der Waals surface area contributed by atoms with Gasteiger partial charge in [-0.05, 0) is 30.5 Å². The first-order chi connectivity index (χ1) is 11.4. The van der Waals surface area contributed by atoms with Crippen LogP contribution in [0.3, 0.4) is 0 Å². The van der Waals surface area contributed by atoms with Crippen LogP contribution < -0.4 is 4.72 Å². The second kappa shape index (κ2) is 6.89. The summed E-state index contributed by atoms with van der Waals surface area (Å²) < 4.78 is 64.7. The summed E-state index contributed by atoms with van der Waals surface area (Å²) in [4.78, 5) is 10.8. The fourth-order valence-corrected chi connectivity index (χ4v) is 4.95. The lowest BCUT2D eigenvalue weighted by Gasteiger charge is -2.33. The number of aliphatic carboxylic acids is 1. The van der Waals surface area contributed by atoms with Crippen molar-refractivity contribution in [2.75, 3.05) is 24.1 Å². The number of carboxylic acids is 1. The van der Waals surface area contributed by atoms with Crippen LogP contribution >= 0.6 is 0 Å². The Kier molecular flexibility index (Phi) is 5.40. The number of hydrogen-bond acceptors (Lipinski definition) is 5. The van der Waals surface area contributed by atoms with Crippen molar-refractivity contribution >= 4 is 31.7 Å². The zero-order valence-electron chi connectivity index (χ0n) is 13.6. The van der Waals surface area contributed by atoms with E-state index in [4.69, 9.17) is 5.11 Å². The maximum absolute atomic E-state index is 14.1. The Bertz CT molecular complexity index is 885. The summed E-state index contributed by atoms with van der Waals surface area (Å²) in [7, 11) is -7.80. The van der Waals surface area contributed by atoms with Crippen molar-refractivity contribution in [3.8, 4) is 0 Å².